The fourth-order valence-electron chi connectivity index (χ4n) is 2.63. The SMILES string of the molecule is CCc1ccc(N2C(=O)CC(Nc3ccccc3)C2=O)cc1. The number of hydrogen-bond acceptors (Lipinski definition) is 3. The van der Waals surface area contributed by atoms with Gasteiger partial charge in [-0.3, -0.25) is 9.59 Å². The van der Waals surface area contributed by atoms with Crippen molar-refractivity contribution in [3.8, 4) is 0 Å². The van der Waals surface area contributed by atoms with Crippen molar-refractivity contribution in [3.05, 3.63) is 60.2 Å². The largest absolute Gasteiger partial charge is 0.373 e. The van der Waals surface area contributed by atoms with Crippen LogP contribution in [0.25, 0.3) is 0 Å². The molecule has 1 N–H and O–H groups in total. The van der Waals surface area contributed by atoms with E-state index >= 15 is 0 Å². The predicted octanol–water partition coefficient (Wildman–Crippen LogP) is 2.99. The molecule has 2 amide bonds. The van der Waals surface area contributed by atoms with E-state index in [2.05, 4.69) is 12.2 Å². The Hall–Kier alpha value is -2.62. The van der Waals surface area contributed by atoms with Gasteiger partial charge in [-0.1, -0.05) is 37.3 Å². The van der Waals surface area contributed by atoms with E-state index in [0.29, 0.717) is 5.69 Å². The molecule has 1 aliphatic rings. The summed E-state index contributed by atoms with van der Waals surface area (Å²) in [5.74, 6) is -0.360. The van der Waals surface area contributed by atoms with E-state index in [1.165, 1.54) is 10.5 Å². The molecule has 1 unspecified atom stereocenters. The smallest absolute Gasteiger partial charge is 0.256 e. The van der Waals surface area contributed by atoms with Gasteiger partial charge in [0.05, 0.1) is 12.1 Å². The number of benzene rings is 2. The summed E-state index contributed by atoms with van der Waals surface area (Å²) >= 11 is 0. The van der Waals surface area contributed by atoms with Gasteiger partial charge in [-0.25, -0.2) is 4.90 Å². The van der Waals surface area contributed by atoms with Crippen LogP contribution in [0.5, 0.6) is 0 Å². The lowest BCUT2D eigenvalue weighted by molar-refractivity contribution is -0.121. The quantitative estimate of drug-likeness (QED) is 0.882. The second-order valence-electron chi connectivity index (χ2n) is 5.35. The van der Waals surface area contributed by atoms with Gasteiger partial charge in [0.1, 0.15) is 6.04 Å². The Bertz CT molecular complexity index is 680. The topological polar surface area (TPSA) is 49.4 Å². The lowest BCUT2D eigenvalue weighted by Gasteiger charge is -2.16. The molecule has 112 valence electrons. The summed E-state index contributed by atoms with van der Waals surface area (Å²) in [6.07, 6.45) is 1.11. The Morgan fingerprint density at radius 2 is 1.73 bits per heavy atom. The second-order valence-corrected chi connectivity index (χ2v) is 5.35. The molecule has 0 aliphatic carbocycles. The zero-order valence-electron chi connectivity index (χ0n) is 12.5. The third-order valence-electron chi connectivity index (χ3n) is 3.86. The third kappa shape index (κ3) is 2.72. The van der Waals surface area contributed by atoms with Crippen molar-refractivity contribution < 1.29 is 9.59 Å². The standard InChI is InChI=1S/C18H18N2O2/c1-2-13-8-10-15(11-9-13)20-17(21)12-16(18(20)22)19-14-6-4-3-5-7-14/h3-11,16,19H,2,12H2,1H3. The van der Waals surface area contributed by atoms with Gasteiger partial charge in [0, 0.05) is 5.69 Å². The first-order valence-electron chi connectivity index (χ1n) is 7.46. The van der Waals surface area contributed by atoms with Gasteiger partial charge in [0.15, 0.2) is 0 Å². The number of hydrogen-bond donors (Lipinski definition) is 1. The first-order chi connectivity index (χ1) is 10.7. The Morgan fingerprint density at radius 1 is 1.05 bits per heavy atom. The molecule has 0 aromatic heterocycles. The number of anilines is 2. The second kappa shape index (κ2) is 6.02. The first-order valence-corrected chi connectivity index (χ1v) is 7.46. The van der Waals surface area contributed by atoms with E-state index in [0.717, 1.165) is 12.1 Å². The van der Waals surface area contributed by atoms with Gasteiger partial charge in [-0.15, -0.1) is 0 Å². The van der Waals surface area contributed by atoms with Gasteiger partial charge < -0.3 is 5.32 Å². The summed E-state index contributed by atoms with van der Waals surface area (Å²) in [7, 11) is 0. The highest BCUT2D eigenvalue weighted by molar-refractivity contribution is 6.23. The van der Waals surface area contributed by atoms with Crippen LogP contribution in [0, 0.1) is 0 Å². The fourth-order valence-corrected chi connectivity index (χ4v) is 2.63. The minimum absolute atomic E-state index is 0.164. The number of carbonyl (C=O) groups is 2. The highest BCUT2D eigenvalue weighted by Crippen LogP contribution is 2.25. The van der Waals surface area contributed by atoms with Gasteiger partial charge in [0.25, 0.3) is 5.91 Å². The Morgan fingerprint density at radius 3 is 2.36 bits per heavy atom. The Kier molecular flexibility index (Phi) is 3.92. The van der Waals surface area contributed by atoms with Crippen LogP contribution in [-0.2, 0) is 16.0 Å². The molecule has 4 nitrogen and oxygen atoms in total. The van der Waals surface area contributed by atoms with Gasteiger partial charge >= 0.3 is 0 Å². The van der Waals surface area contributed by atoms with Gasteiger partial charge in [-0.05, 0) is 36.2 Å². The molecular formula is C18H18N2O2. The minimum atomic E-state index is -0.499. The zero-order valence-corrected chi connectivity index (χ0v) is 12.5. The lowest BCUT2D eigenvalue weighted by Crippen LogP contribution is -2.34. The molecule has 1 aliphatic heterocycles. The molecule has 1 heterocycles. The molecule has 0 saturated carbocycles. The fraction of sp³-hybridized carbons (Fsp3) is 0.222. The van der Waals surface area contributed by atoms with Crippen molar-refractivity contribution >= 4 is 23.2 Å². The van der Waals surface area contributed by atoms with Crippen LogP contribution >= 0.6 is 0 Å². The molecule has 0 radical (unpaired) electrons. The number of amides is 2. The van der Waals surface area contributed by atoms with E-state index in [1.807, 2.05) is 54.6 Å². The molecule has 2 aromatic rings. The summed E-state index contributed by atoms with van der Waals surface area (Å²) in [4.78, 5) is 26.0. The number of rotatable bonds is 4. The zero-order chi connectivity index (χ0) is 15.5. The molecule has 4 heteroatoms. The number of nitrogens with one attached hydrogen (secondary N) is 1. The van der Waals surface area contributed by atoms with Crippen molar-refractivity contribution in [2.75, 3.05) is 10.2 Å². The normalized spacial score (nSPS) is 17.9. The molecule has 1 fully saturated rings. The molecule has 1 saturated heterocycles. The summed E-state index contributed by atoms with van der Waals surface area (Å²) in [5, 5.41) is 3.13. The Balaban J connectivity index is 1.79. The van der Waals surface area contributed by atoms with E-state index in [4.69, 9.17) is 0 Å². The van der Waals surface area contributed by atoms with Crippen LogP contribution in [0.3, 0.4) is 0 Å². The van der Waals surface area contributed by atoms with Gasteiger partial charge in [-0.2, -0.15) is 0 Å². The third-order valence-corrected chi connectivity index (χ3v) is 3.86. The number of para-hydroxylation sites is 1. The molecule has 2 aromatic carbocycles. The number of carbonyl (C=O) groups excluding carboxylic acids is 2. The highest BCUT2D eigenvalue weighted by Gasteiger charge is 2.39. The van der Waals surface area contributed by atoms with Crippen molar-refractivity contribution in [2.24, 2.45) is 0 Å². The van der Waals surface area contributed by atoms with E-state index < -0.39 is 6.04 Å². The molecule has 3 rings (SSSR count). The first kappa shape index (κ1) is 14.3. The number of imide groups is 1. The van der Waals surface area contributed by atoms with Crippen LogP contribution in [-0.4, -0.2) is 17.9 Å². The monoisotopic (exact) mass is 294 g/mol. The maximum Gasteiger partial charge on any atom is 0.256 e. The molecule has 0 spiro atoms. The van der Waals surface area contributed by atoms with Crippen molar-refractivity contribution in [1.82, 2.24) is 0 Å². The van der Waals surface area contributed by atoms with E-state index in [1.54, 1.807) is 0 Å². The lowest BCUT2D eigenvalue weighted by atomic mass is 10.1. The molecule has 0 bridgehead atoms. The molecule has 1 atom stereocenters. The van der Waals surface area contributed by atoms with Crippen molar-refractivity contribution in [1.29, 1.82) is 0 Å². The summed E-state index contributed by atoms with van der Waals surface area (Å²) < 4.78 is 0. The average molecular weight is 294 g/mol. The summed E-state index contributed by atoms with van der Waals surface area (Å²) in [6, 6.07) is 16.5. The molecule has 22 heavy (non-hydrogen) atoms. The predicted molar refractivity (Wildman–Crippen MR) is 86.8 cm³/mol. The van der Waals surface area contributed by atoms with E-state index in [9.17, 15) is 9.59 Å². The van der Waals surface area contributed by atoms with Crippen LogP contribution in [0.4, 0.5) is 11.4 Å². The summed E-state index contributed by atoms with van der Waals surface area (Å²) in [5.41, 5.74) is 2.67. The van der Waals surface area contributed by atoms with Crippen molar-refractivity contribution in [3.63, 3.8) is 0 Å². The van der Waals surface area contributed by atoms with E-state index in [-0.39, 0.29) is 18.2 Å². The molecular weight excluding hydrogens is 276 g/mol. The Labute approximate surface area is 129 Å². The minimum Gasteiger partial charge on any atom is -0.373 e. The summed E-state index contributed by atoms with van der Waals surface area (Å²) in [6.45, 7) is 2.07. The van der Waals surface area contributed by atoms with Crippen LogP contribution in [0.2, 0.25) is 0 Å². The number of aryl methyl sites for hydroxylation is 1. The maximum absolute atomic E-state index is 12.5. The van der Waals surface area contributed by atoms with Crippen molar-refractivity contribution in [2.45, 2.75) is 25.8 Å². The average Bonchev–Trinajstić information content (AvgIpc) is 2.82. The van der Waals surface area contributed by atoms with Crippen LogP contribution in [0.1, 0.15) is 18.9 Å². The maximum atomic E-state index is 12.5. The van der Waals surface area contributed by atoms with Crippen LogP contribution < -0.4 is 10.2 Å². The van der Waals surface area contributed by atoms with Crippen LogP contribution in [0.15, 0.2) is 54.6 Å². The van der Waals surface area contributed by atoms with Gasteiger partial charge in [0.2, 0.25) is 5.91 Å². The number of nitrogens with zero attached hydrogens (tertiary/aromatic N) is 1. The highest BCUT2D eigenvalue weighted by atomic mass is 16.2.